The Morgan fingerprint density at radius 2 is 1.90 bits per heavy atom. The van der Waals surface area contributed by atoms with Gasteiger partial charge < -0.3 is 4.74 Å². The van der Waals surface area contributed by atoms with Crippen molar-refractivity contribution >= 4 is 41.0 Å². The Bertz CT molecular complexity index is 1140. The van der Waals surface area contributed by atoms with Crippen LogP contribution in [0.25, 0.3) is 0 Å². The summed E-state index contributed by atoms with van der Waals surface area (Å²) < 4.78 is 6.08. The highest BCUT2D eigenvalue weighted by atomic mass is 35.5. The summed E-state index contributed by atoms with van der Waals surface area (Å²) in [6.45, 7) is 0.188. The standard InChI is InChI=1S/C21H18ClN3O4S/c1-29-20(27)16-9-5-8-15(10-16)13-25-19(22)17(30-21(25)28)12-23-24-18(26)11-14-6-3-2-4-7-14/h2-10,12H,11,13H2,1H3,(H,24,26)/b23-12+. The van der Waals surface area contributed by atoms with Gasteiger partial charge in [0.1, 0.15) is 5.15 Å². The van der Waals surface area contributed by atoms with Gasteiger partial charge in [-0.15, -0.1) is 0 Å². The molecule has 0 bridgehead atoms. The number of carbonyl (C=O) groups is 2. The number of aromatic nitrogens is 1. The van der Waals surface area contributed by atoms with Crippen LogP contribution in [0.15, 0.2) is 64.5 Å². The zero-order valence-corrected chi connectivity index (χ0v) is 17.6. The first kappa shape index (κ1) is 21.5. The fraction of sp³-hybridized carbons (Fsp3) is 0.143. The van der Waals surface area contributed by atoms with Gasteiger partial charge in [0.05, 0.1) is 36.7 Å². The van der Waals surface area contributed by atoms with Gasteiger partial charge in [-0.25, -0.2) is 10.2 Å². The Morgan fingerprint density at radius 3 is 2.63 bits per heavy atom. The van der Waals surface area contributed by atoms with E-state index < -0.39 is 5.97 Å². The molecule has 3 rings (SSSR count). The van der Waals surface area contributed by atoms with Crippen LogP contribution >= 0.6 is 22.9 Å². The summed E-state index contributed by atoms with van der Waals surface area (Å²) >= 11 is 7.25. The molecule has 1 heterocycles. The van der Waals surface area contributed by atoms with Crippen molar-refractivity contribution in [3.63, 3.8) is 0 Å². The fourth-order valence-corrected chi connectivity index (χ4v) is 3.80. The maximum absolute atomic E-state index is 12.3. The molecule has 1 aromatic heterocycles. The summed E-state index contributed by atoms with van der Waals surface area (Å²) in [6, 6.07) is 16.0. The summed E-state index contributed by atoms with van der Waals surface area (Å²) in [6.07, 6.45) is 1.54. The van der Waals surface area contributed by atoms with Crippen molar-refractivity contribution < 1.29 is 14.3 Å². The third-order valence-corrected chi connectivity index (χ3v) is 5.56. The molecule has 30 heavy (non-hydrogen) atoms. The van der Waals surface area contributed by atoms with Gasteiger partial charge >= 0.3 is 10.8 Å². The van der Waals surface area contributed by atoms with Crippen molar-refractivity contribution in [2.75, 3.05) is 7.11 Å². The number of hydrazone groups is 1. The normalized spacial score (nSPS) is 10.9. The molecule has 0 atom stereocenters. The van der Waals surface area contributed by atoms with Crippen LogP contribution in [-0.4, -0.2) is 29.8 Å². The van der Waals surface area contributed by atoms with E-state index in [0.29, 0.717) is 10.4 Å². The Balaban J connectivity index is 1.68. The van der Waals surface area contributed by atoms with Crippen LogP contribution in [0, 0.1) is 0 Å². The van der Waals surface area contributed by atoms with Crippen molar-refractivity contribution in [1.82, 2.24) is 9.99 Å². The first-order chi connectivity index (χ1) is 14.5. The monoisotopic (exact) mass is 443 g/mol. The first-order valence-corrected chi connectivity index (χ1v) is 10.1. The molecular weight excluding hydrogens is 426 g/mol. The van der Waals surface area contributed by atoms with Gasteiger partial charge in [0.15, 0.2) is 0 Å². The number of benzene rings is 2. The summed E-state index contributed by atoms with van der Waals surface area (Å²) in [4.78, 5) is 36.1. The van der Waals surface area contributed by atoms with Gasteiger partial charge in [-0.2, -0.15) is 5.10 Å². The number of amides is 1. The lowest BCUT2D eigenvalue weighted by molar-refractivity contribution is -0.120. The first-order valence-electron chi connectivity index (χ1n) is 8.90. The second kappa shape index (κ2) is 10.00. The molecule has 9 heteroatoms. The summed E-state index contributed by atoms with van der Waals surface area (Å²) in [7, 11) is 1.31. The Hall–Kier alpha value is -3.23. The van der Waals surface area contributed by atoms with E-state index in [4.69, 9.17) is 16.3 Å². The Morgan fingerprint density at radius 1 is 1.17 bits per heavy atom. The second-order valence-electron chi connectivity index (χ2n) is 6.26. The molecule has 0 fully saturated rings. The minimum atomic E-state index is -0.459. The summed E-state index contributed by atoms with van der Waals surface area (Å²) in [5.74, 6) is -0.736. The van der Waals surface area contributed by atoms with E-state index in [1.54, 1.807) is 24.3 Å². The maximum atomic E-state index is 12.3. The van der Waals surface area contributed by atoms with E-state index in [0.717, 1.165) is 22.5 Å². The van der Waals surface area contributed by atoms with Gasteiger partial charge in [0.25, 0.3) is 0 Å². The van der Waals surface area contributed by atoms with Crippen LogP contribution in [0.1, 0.15) is 26.4 Å². The SMILES string of the molecule is COC(=O)c1cccc(Cn2c(Cl)c(/C=N/NC(=O)Cc3ccccc3)sc2=O)c1. The number of thiazole rings is 1. The van der Waals surface area contributed by atoms with Crippen molar-refractivity contribution in [3.05, 3.63) is 91.0 Å². The average molecular weight is 444 g/mol. The summed E-state index contributed by atoms with van der Waals surface area (Å²) in [5, 5.41) is 4.10. The molecule has 0 saturated carbocycles. The van der Waals surface area contributed by atoms with E-state index in [1.807, 2.05) is 30.3 Å². The van der Waals surface area contributed by atoms with Crippen LogP contribution in [-0.2, 0) is 22.5 Å². The number of rotatable bonds is 7. The zero-order valence-electron chi connectivity index (χ0n) is 16.0. The quantitative estimate of drug-likeness (QED) is 0.345. The molecule has 0 spiro atoms. The molecule has 0 aliphatic carbocycles. The predicted octanol–water partition coefficient (Wildman–Crippen LogP) is 3.09. The number of ether oxygens (including phenoxy) is 1. The van der Waals surface area contributed by atoms with Crippen LogP contribution in [0.2, 0.25) is 5.15 Å². The largest absolute Gasteiger partial charge is 0.465 e. The summed E-state index contributed by atoms with van der Waals surface area (Å²) in [5.41, 5.74) is 4.40. The highest BCUT2D eigenvalue weighted by molar-refractivity contribution is 7.11. The molecule has 0 aliphatic heterocycles. The van der Waals surface area contributed by atoms with E-state index in [-0.39, 0.29) is 28.9 Å². The average Bonchev–Trinajstić information content (AvgIpc) is 3.01. The van der Waals surface area contributed by atoms with E-state index in [9.17, 15) is 14.4 Å². The van der Waals surface area contributed by atoms with Crippen LogP contribution in [0.4, 0.5) is 0 Å². The van der Waals surface area contributed by atoms with Gasteiger partial charge in [0.2, 0.25) is 5.91 Å². The lowest BCUT2D eigenvalue weighted by Crippen LogP contribution is -2.19. The smallest absolute Gasteiger partial charge is 0.337 e. The molecular formula is C21H18ClN3O4S. The number of esters is 1. The molecule has 1 N–H and O–H groups in total. The van der Waals surface area contributed by atoms with Crippen LogP contribution in [0.3, 0.4) is 0 Å². The van der Waals surface area contributed by atoms with Crippen molar-refractivity contribution in [2.45, 2.75) is 13.0 Å². The molecule has 2 aromatic carbocycles. The molecule has 0 radical (unpaired) electrons. The topological polar surface area (TPSA) is 89.8 Å². The maximum Gasteiger partial charge on any atom is 0.337 e. The lowest BCUT2D eigenvalue weighted by atomic mass is 10.1. The highest BCUT2D eigenvalue weighted by Gasteiger charge is 2.13. The fourth-order valence-electron chi connectivity index (χ4n) is 2.70. The Kier molecular flexibility index (Phi) is 7.16. The third kappa shape index (κ3) is 5.43. The third-order valence-electron chi connectivity index (χ3n) is 4.13. The molecule has 7 nitrogen and oxygen atoms in total. The number of nitrogens with zero attached hydrogens (tertiary/aromatic N) is 2. The highest BCUT2D eigenvalue weighted by Crippen LogP contribution is 2.19. The minimum absolute atomic E-state index is 0.188. The van der Waals surface area contributed by atoms with Crippen molar-refractivity contribution in [3.8, 4) is 0 Å². The number of halogens is 1. The van der Waals surface area contributed by atoms with E-state index >= 15 is 0 Å². The van der Waals surface area contributed by atoms with Crippen molar-refractivity contribution in [2.24, 2.45) is 5.10 Å². The lowest BCUT2D eigenvalue weighted by Gasteiger charge is -2.06. The van der Waals surface area contributed by atoms with Gasteiger partial charge in [-0.1, -0.05) is 65.4 Å². The molecule has 0 saturated heterocycles. The zero-order chi connectivity index (χ0) is 21.5. The number of methoxy groups -OCH3 is 1. The van der Waals surface area contributed by atoms with E-state index in [1.165, 1.54) is 17.9 Å². The number of hydrogen-bond donors (Lipinski definition) is 1. The second-order valence-corrected chi connectivity index (χ2v) is 7.61. The van der Waals surface area contributed by atoms with Crippen LogP contribution in [0.5, 0.6) is 0 Å². The van der Waals surface area contributed by atoms with E-state index in [2.05, 4.69) is 10.5 Å². The van der Waals surface area contributed by atoms with Gasteiger partial charge in [-0.05, 0) is 23.3 Å². The molecule has 0 unspecified atom stereocenters. The van der Waals surface area contributed by atoms with Crippen LogP contribution < -0.4 is 10.3 Å². The number of carbonyl (C=O) groups excluding carboxylic acids is 2. The predicted molar refractivity (Wildman–Crippen MR) is 116 cm³/mol. The van der Waals surface area contributed by atoms with Gasteiger partial charge in [0, 0.05) is 0 Å². The molecule has 3 aromatic rings. The van der Waals surface area contributed by atoms with Gasteiger partial charge in [-0.3, -0.25) is 14.2 Å². The van der Waals surface area contributed by atoms with Crippen molar-refractivity contribution in [1.29, 1.82) is 0 Å². The molecule has 154 valence electrons. The molecule has 0 aliphatic rings. The Labute approximate surface area is 181 Å². The number of nitrogens with one attached hydrogen (secondary N) is 1. The number of hydrogen-bond acceptors (Lipinski definition) is 6. The minimum Gasteiger partial charge on any atom is -0.465 e. The molecule has 1 amide bonds.